The third-order valence-electron chi connectivity index (χ3n) is 3.33. The average Bonchev–Trinajstić information content (AvgIpc) is 2.39. The number of carbonyl (C=O) groups excluding carboxylic acids is 1. The maximum absolute atomic E-state index is 11.5. The molecule has 1 unspecified atom stereocenters. The molecule has 1 aliphatic heterocycles. The van der Waals surface area contributed by atoms with E-state index in [2.05, 4.69) is 0 Å². The number of nitrogens with zero attached hydrogens (tertiary/aromatic N) is 1. The maximum atomic E-state index is 11.5. The highest BCUT2D eigenvalue weighted by Crippen LogP contribution is 2.29. The molecular formula is C10H18N2O. The predicted molar refractivity (Wildman–Crippen MR) is 51.1 cm³/mol. The van der Waals surface area contributed by atoms with Gasteiger partial charge in [0.05, 0.1) is 0 Å². The molecule has 1 saturated carbocycles. The molecule has 1 aliphatic carbocycles. The Morgan fingerprint density at radius 3 is 2.62 bits per heavy atom. The lowest BCUT2D eigenvalue weighted by atomic mass is 9.85. The van der Waals surface area contributed by atoms with Gasteiger partial charge in [0.1, 0.15) is 0 Å². The molecule has 2 N–H and O–H groups in total. The van der Waals surface area contributed by atoms with Gasteiger partial charge < -0.3 is 10.6 Å². The number of carbonyl (C=O) groups is 1. The van der Waals surface area contributed by atoms with E-state index >= 15 is 0 Å². The van der Waals surface area contributed by atoms with Crippen LogP contribution in [0.3, 0.4) is 0 Å². The summed E-state index contributed by atoms with van der Waals surface area (Å²) in [5.41, 5.74) is 5.56. The van der Waals surface area contributed by atoms with Crippen LogP contribution in [0.15, 0.2) is 0 Å². The van der Waals surface area contributed by atoms with E-state index in [4.69, 9.17) is 5.73 Å². The van der Waals surface area contributed by atoms with Crippen molar-refractivity contribution in [1.29, 1.82) is 0 Å². The Kier molecular flexibility index (Phi) is 2.54. The summed E-state index contributed by atoms with van der Waals surface area (Å²) in [5.74, 6) is 1.54. The van der Waals surface area contributed by atoms with Gasteiger partial charge in [0.2, 0.25) is 5.91 Å². The van der Waals surface area contributed by atoms with Crippen molar-refractivity contribution in [2.24, 2.45) is 17.6 Å². The molecule has 0 aromatic carbocycles. The van der Waals surface area contributed by atoms with E-state index in [1.165, 1.54) is 19.3 Å². The van der Waals surface area contributed by atoms with Crippen LogP contribution < -0.4 is 5.73 Å². The third kappa shape index (κ3) is 1.85. The minimum Gasteiger partial charge on any atom is -0.342 e. The summed E-state index contributed by atoms with van der Waals surface area (Å²) in [4.78, 5) is 13.5. The molecule has 0 radical (unpaired) electrons. The standard InChI is InChI=1S/C10H18N2O/c11-5-9-4-10(13)12(7-9)6-8-2-1-3-8/h8-9H,1-7,11H2. The number of nitrogens with two attached hydrogens (primary N) is 1. The molecule has 1 heterocycles. The van der Waals surface area contributed by atoms with Gasteiger partial charge in [0.15, 0.2) is 0 Å². The highest BCUT2D eigenvalue weighted by atomic mass is 16.2. The smallest absolute Gasteiger partial charge is 0.222 e. The molecule has 1 atom stereocenters. The van der Waals surface area contributed by atoms with Gasteiger partial charge in [-0.2, -0.15) is 0 Å². The Morgan fingerprint density at radius 2 is 2.15 bits per heavy atom. The topological polar surface area (TPSA) is 46.3 Å². The number of likely N-dealkylation sites (tertiary alicyclic amines) is 1. The summed E-state index contributed by atoms with van der Waals surface area (Å²) >= 11 is 0. The Labute approximate surface area is 79.3 Å². The molecule has 3 heteroatoms. The summed E-state index contributed by atoms with van der Waals surface area (Å²) in [6.45, 7) is 2.56. The minimum absolute atomic E-state index is 0.322. The first kappa shape index (κ1) is 9.00. The van der Waals surface area contributed by atoms with Crippen molar-refractivity contribution in [3.05, 3.63) is 0 Å². The van der Waals surface area contributed by atoms with Crippen LogP contribution in [-0.2, 0) is 4.79 Å². The van der Waals surface area contributed by atoms with E-state index in [-0.39, 0.29) is 0 Å². The predicted octanol–water partition coefficient (Wildman–Crippen LogP) is 0.594. The van der Waals surface area contributed by atoms with E-state index in [9.17, 15) is 4.79 Å². The molecule has 1 saturated heterocycles. The van der Waals surface area contributed by atoms with Crippen LogP contribution in [-0.4, -0.2) is 30.4 Å². The van der Waals surface area contributed by atoms with E-state index < -0.39 is 0 Å². The zero-order chi connectivity index (χ0) is 9.26. The number of rotatable bonds is 3. The van der Waals surface area contributed by atoms with Crippen LogP contribution >= 0.6 is 0 Å². The second kappa shape index (κ2) is 3.66. The van der Waals surface area contributed by atoms with Crippen molar-refractivity contribution < 1.29 is 4.79 Å². The molecule has 0 aromatic heterocycles. The lowest BCUT2D eigenvalue weighted by molar-refractivity contribution is -0.128. The summed E-state index contributed by atoms with van der Waals surface area (Å²) in [6, 6.07) is 0. The zero-order valence-corrected chi connectivity index (χ0v) is 8.04. The van der Waals surface area contributed by atoms with Crippen molar-refractivity contribution in [3.8, 4) is 0 Å². The Balaban J connectivity index is 1.81. The van der Waals surface area contributed by atoms with Gasteiger partial charge in [0, 0.05) is 19.5 Å². The van der Waals surface area contributed by atoms with Crippen molar-refractivity contribution in [3.63, 3.8) is 0 Å². The Morgan fingerprint density at radius 1 is 1.38 bits per heavy atom. The molecule has 2 rings (SSSR count). The van der Waals surface area contributed by atoms with Gasteiger partial charge >= 0.3 is 0 Å². The molecule has 2 aliphatic rings. The molecule has 3 nitrogen and oxygen atoms in total. The van der Waals surface area contributed by atoms with Crippen LogP contribution in [0.4, 0.5) is 0 Å². The van der Waals surface area contributed by atoms with E-state index in [0.717, 1.165) is 19.0 Å². The molecule has 0 aromatic rings. The first-order valence-corrected chi connectivity index (χ1v) is 5.27. The quantitative estimate of drug-likeness (QED) is 0.694. The second-order valence-corrected chi connectivity index (χ2v) is 4.40. The number of hydrogen-bond acceptors (Lipinski definition) is 2. The summed E-state index contributed by atoms with van der Waals surface area (Å²) < 4.78 is 0. The van der Waals surface area contributed by atoms with Gasteiger partial charge in [0.25, 0.3) is 0 Å². The van der Waals surface area contributed by atoms with Crippen LogP contribution in [0.5, 0.6) is 0 Å². The van der Waals surface area contributed by atoms with E-state index in [1.807, 2.05) is 4.90 Å². The van der Waals surface area contributed by atoms with E-state index in [0.29, 0.717) is 24.8 Å². The minimum atomic E-state index is 0.322. The van der Waals surface area contributed by atoms with Crippen molar-refractivity contribution >= 4 is 5.91 Å². The Bertz CT molecular complexity index is 201. The lowest BCUT2D eigenvalue weighted by Gasteiger charge is -2.30. The van der Waals surface area contributed by atoms with Crippen LogP contribution in [0.1, 0.15) is 25.7 Å². The number of hydrogen-bond donors (Lipinski definition) is 1. The molecule has 74 valence electrons. The van der Waals surface area contributed by atoms with E-state index in [1.54, 1.807) is 0 Å². The van der Waals surface area contributed by atoms with Gasteiger partial charge in [-0.25, -0.2) is 0 Å². The highest BCUT2D eigenvalue weighted by Gasteiger charge is 2.31. The SMILES string of the molecule is NCC1CC(=O)N(CC2CCC2)C1. The summed E-state index contributed by atoms with van der Waals surface area (Å²) in [5, 5.41) is 0. The fourth-order valence-corrected chi connectivity index (χ4v) is 2.18. The first-order chi connectivity index (χ1) is 6.29. The van der Waals surface area contributed by atoms with Crippen molar-refractivity contribution in [2.75, 3.05) is 19.6 Å². The van der Waals surface area contributed by atoms with Crippen molar-refractivity contribution in [2.45, 2.75) is 25.7 Å². The van der Waals surface area contributed by atoms with Crippen LogP contribution in [0, 0.1) is 11.8 Å². The normalized spacial score (nSPS) is 29.5. The average molecular weight is 182 g/mol. The summed E-state index contributed by atoms with van der Waals surface area (Å²) in [7, 11) is 0. The largest absolute Gasteiger partial charge is 0.342 e. The molecule has 0 bridgehead atoms. The molecule has 1 amide bonds. The van der Waals surface area contributed by atoms with Crippen molar-refractivity contribution in [1.82, 2.24) is 4.90 Å². The van der Waals surface area contributed by atoms with Gasteiger partial charge in [-0.15, -0.1) is 0 Å². The van der Waals surface area contributed by atoms with Crippen LogP contribution in [0.2, 0.25) is 0 Å². The van der Waals surface area contributed by atoms with Crippen LogP contribution in [0.25, 0.3) is 0 Å². The third-order valence-corrected chi connectivity index (χ3v) is 3.33. The van der Waals surface area contributed by atoms with Gasteiger partial charge in [-0.05, 0) is 31.2 Å². The Hall–Kier alpha value is -0.570. The fraction of sp³-hybridized carbons (Fsp3) is 0.900. The number of amides is 1. The molecular weight excluding hydrogens is 164 g/mol. The molecule has 0 spiro atoms. The lowest BCUT2D eigenvalue weighted by Crippen LogP contribution is -2.34. The molecule has 13 heavy (non-hydrogen) atoms. The maximum Gasteiger partial charge on any atom is 0.222 e. The van der Waals surface area contributed by atoms with Gasteiger partial charge in [-0.3, -0.25) is 4.79 Å². The second-order valence-electron chi connectivity index (χ2n) is 4.40. The first-order valence-electron chi connectivity index (χ1n) is 5.27. The molecule has 2 fully saturated rings. The fourth-order valence-electron chi connectivity index (χ4n) is 2.18. The summed E-state index contributed by atoms with van der Waals surface area (Å²) in [6.07, 6.45) is 4.67. The highest BCUT2D eigenvalue weighted by molar-refractivity contribution is 5.78. The zero-order valence-electron chi connectivity index (χ0n) is 8.04. The monoisotopic (exact) mass is 182 g/mol. The van der Waals surface area contributed by atoms with Gasteiger partial charge in [-0.1, -0.05) is 6.42 Å².